The van der Waals surface area contributed by atoms with Crippen molar-refractivity contribution in [3.8, 4) is 0 Å². The average Bonchev–Trinajstić information content (AvgIpc) is 2.48. The number of hydrogen-bond donors (Lipinski definition) is 2. The number of aromatic nitrogens is 1. The molecule has 21 heavy (non-hydrogen) atoms. The van der Waals surface area contributed by atoms with Gasteiger partial charge in [-0.1, -0.05) is 0 Å². The minimum atomic E-state index is 0.426. The van der Waals surface area contributed by atoms with Crippen LogP contribution in [0.2, 0.25) is 0 Å². The van der Waals surface area contributed by atoms with E-state index in [9.17, 15) is 0 Å². The molecule has 3 N–H and O–H groups in total. The molecular formula is C17H30N3O+3. The number of rotatable bonds is 3. The van der Waals surface area contributed by atoms with E-state index in [4.69, 9.17) is 4.74 Å². The Labute approximate surface area is 128 Å². The first-order chi connectivity index (χ1) is 10.2. The van der Waals surface area contributed by atoms with Crippen molar-refractivity contribution in [2.24, 2.45) is 0 Å². The smallest absolute Gasteiger partial charge is 0.167 e. The molecule has 0 bridgehead atoms. The van der Waals surface area contributed by atoms with E-state index in [-0.39, 0.29) is 0 Å². The van der Waals surface area contributed by atoms with Gasteiger partial charge in [0.1, 0.15) is 31.8 Å². The van der Waals surface area contributed by atoms with Crippen LogP contribution in [-0.4, -0.2) is 44.4 Å². The first-order valence-electron chi connectivity index (χ1n) is 8.49. The summed E-state index contributed by atoms with van der Waals surface area (Å²) in [5.41, 5.74) is 1.45. The van der Waals surface area contributed by atoms with Gasteiger partial charge in [-0.25, -0.2) is 4.98 Å². The van der Waals surface area contributed by atoms with Crippen molar-refractivity contribution in [3.63, 3.8) is 0 Å². The largest absolute Gasteiger partial charge is 0.364 e. The molecule has 1 aromatic heterocycles. The fourth-order valence-electron chi connectivity index (χ4n) is 4.09. The summed E-state index contributed by atoms with van der Waals surface area (Å²) in [7, 11) is 0. The molecule has 2 fully saturated rings. The van der Waals surface area contributed by atoms with Gasteiger partial charge in [0.15, 0.2) is 12.4 Å². The van der Waals surface area contributed by atoms with Crippen LogP contribution in [0.5, 0.6) is 0 Å². The zero-order chi connectivity index (χ0) is 14.7. The normalized spacial score (nSPS) is 37.3. The van der Waals surface area contributed by atoms with Gasteiger partial charge < -0.3 is 14.5 Å². The van der Waals surface area contributed by atoms with Crippen LogP contribution >= 0.6 is 0 Å². The third kappa shape index (κ3) is 4.02. The lowest BCUT2D eigenvalue weighted by Crippen LogP contribution is -3.22. The number of morpholine rings is 1. The lowest BCUT2D eigenvalue weighted by Gasteiger charge is -2.39. The van der Waals surface area contributed by atoms with Crippen LogP contribution in [-0.2, 0) is 11.3 Å². The van der Waals surface area contributed by atoms with E-state index < -0.39 is 0 Å². The lowest BCUT2D eigenvalue weighted by molar-refractivity contribution is -0.970. The van der Waals surface area contributed by atoms with Crippen LogP contribution in [0.3, 0.4) is 0 Å². The van der Waals surface area contributed by atoms with Crippen molar-refractivity contribution in [2.75, 3.05) is 26.2 Å². The van der Waals surface area contributed by atoms with E-state index in [2.05, 4.69) is 31.0 Å². The number of nitrogens with one attached hydrogen (secondary N) is 3. The standard InChI is InChI=1S/C17H27N3O/c1-14-11-20(12-15(2)21-14)17-5-9-19(10-6-17)13-16-3-7-18-8-4-16/h3-4,7-8,14-15,17H,5-6,9-13H2,1-2H3/p+3. The molecular weight excluding hydrogens is 262 g/mol. The summed E-state index contributed by atoms with van der Waals surface area (Å²) >= 11 is 0. The van der Waals surface area contributed by atoms with Crippen molar-refractivity contribution < 1.29 is 19.5 Å². The fraction of sp³-hybridized carbons (Fsp3) is 0.706. The van der Waals surface area contributed by atoms with Crippen LogP contribution in [0.25, 0.3) is 0 Å². The topological polar surface area (TPSA) is 32.2 Å². The van der Waals surface area contributed by atoms with Crippen molar-refractivity contribution in [2.45, 2.75) is 51.5 Å². The van der Waals surface area contributed by atoms with Gasteiger partial charge in [-0.05, 0) is 13.8 Å². The molecule has 0 saturated carbocycles. The molecule has 1 aromatic rings. The molecule has 2 unspecified atom stereocenters. The first kappa shape index (κ1) is 14.9. The first-order valence-corrected chi connectivity index (χ1v) is 8.49. The van der Waals surface area contributed by atoms with Gasteiger partial charge in [0.25, 0.3) is 0 Å². The van der Waals surface area contributed by atoms with Gasteiger partial charge >= 0.3 is 0 Å². The number of pyridine rings is 1. The number of H-pyrrole nitrogens is 1. The molecule has 3 rings (SSSR count). The second kappa shape index (κ2) is 6.86. The van der Waals surface area contributed by atoms with Gasteiger partial charge in [0.2, 0.25) is 0 Å². The van der Waals surface area contributed by atoms with Crippen molar-refractivity contribution in [3.05, 3.63) is 30.1 Å². The van der Waals surface area contributed by atoms with E-state index in [1.165, 1.54) is 51.1 Å². The van der Waals surface area contributed by atoms with Crippen molar-refractivity contribution in [1.29, 1.82) is 0 Å². The Morgan fingerprint density at radius 2 is 1.71 bits per heavy atom. The highest BCUT2D eigenvalue weighted by molar-refractivity contribution is 5.04. The summed E-state index contributed by atoms with van der Waals surface area (Å²) in [6, 6.07) is 5.26. The van der Waals surface area contributed by atoms with Crippen LogP contribution in [0.1, 0.15) is 32.3 Å². The van der Waals surface area contributed by atoms with Gasteiger partial charge in [0, 0.05) is 30.5 Å². The highest BCUT2D eigenvalue weighted by Crippen LogP contribution is 2.03. The number of aromatic amines is 1. The molecule has 0 amide bonds. The molecule has 0 aliphatic carbocycles. The maximum atomic E-state index is 5.88. The number of ether oxygens (including phenoxy) is 1. The predicted molar refractivity (Wildman–Crippen MR) is 81.1 cm³/mol. The summed E-state index contributed by atoms with van der Waals surface area (Å²) in [4.78, 5) is 6.63. The number of quaternary nitrogens is 2. The van der Waals surface area contributed by atoms with Crippen LogP contribution in [0.15, 0.2) is 24.5 Å². The zero-order valence-electron chi connectivity index (χ0n) is 13.4. The summed E-state index contributed by atoms with van der Waals surface area (Å²) in [6.07, 6.45) is 7.64. The quantitative estimate of drug-likeness (QED) is 0.716. The second-order valence-electron chi connectivity index (χ2n) is 6.93. The number of hydrogen-bond acceptors (Lipinski definition) is 1. The Balaban J connectivity index is 1.48. The van der Waals surface area contributed by atoms with Gasteiger partial charge in [0.05, 0.1) is 19.1 Å². The maximum absolute atomic E-state index is 5.88. The molecule has 0 radical (unpaired) electrons. The Morgan fingerprint density at radius 3 is 2.33 bits per heavy atom. The highest BCUT2D eigenvalue weighted by Gasteiger charge is 2.34. The Morgan fingerprint density at radius 1 is 1.10 bits per heavy atom. The molecule has 2 saturated heterocycles. The third-order valence-electron chi connectivity index (χ3n) is 5.08. The second-order valence-corrected chi connectivity index (χ2v) is 6.93. The van der Waals surface area contributed by atoms with E-state index >= 15 is 0 Å². The molecule has 0 spiro atoms. The van der Waals surface area contributed by atoms with Crippen LogP contribution in [0.4, 0.5) is 0 Å². The molecule has 2 aliphatic heterocycles. The lowest BCUT2D eigenvalue weighted by atomic mass is 10.0. The van der Waals surface area contributed by atoms with Crippen molar-refractivity contribution in [1.82, 2.24) is 0 Å². The summed E-state index contributed by atoms with van der Waals surface area (Å²) in [5, 5.41) is 0. The minimum Gasteiger partial charge on any atom is -0.364 e. The SMILES string of the molecule is CC1C[NH+](C2CC[NH+](Cc3cc[nH+]cc3)CC2)CC(C)O1. The fourth-order valence-corrected chi connectivity index (χ4v) is 4.09. The van der Waals surface area contributed by atoms with Gasteiger partial charge in [-0.2, -0.15) is 0 Å². The summed E-state index contributed by atoms with van der Waals surface area (Å²) in [5.74, 6) is 0. The van der Waals surface area contributed by atoms with E-state index in [1.54, 1.807) is 9.80 Å². The van der Waals surface area contributed by atoms with Crippen molar-refractivity contribution >= 4 is 0 Å². The van der Waals surface area contributed by atoms with Gasteiger partial charge in [-0.15, -0.1) is 0 Å². The highest BCUT2D eigenvalue weighted by atomic mass is 16.5. The Hall–Kier alpha value is -0.970. The van der Waals surface area contributed by atoms with E-state index in [1.807, 2.05) is 12.4 Å². The monoisotopic (exact) mass is 292 g/mol. The van der Waals surface area contributed by atoms with E-state index in [0.29, 0.717) is 12.2 Å². The zero-order valence-corrected chi connectivity index (χ0v) is 13.4. The molecule has 4 heteroatoms. The van der Waals surface area contributed by atoms with Crippen LogP contribution < -0.4 is 14.8 Å². The summed E-state index contributed by atoms with van der Waals surface area (Å²) < 4.78 is 5.88. The Kier molecular flexibility index (Phi) is 4.88. The number of piperidine rings is 1. The molecule has 2 atom stereocenters. The number of likely N-dealkylation sites (tertiary alicyclic amines) is 1. The minimum absolute atomic E-state index is 0.426. The van der Waals surface area contributed by atoms with E-state index in [0.717, 1.165) is 6.04 Å². The predicted octanol–water partition coefficient (Wildman–Crippen LogP) is -1.26. The maximum Gasteiger partial charge on any atom is 0.167 e. The van der Waals surface area contributed by atoms with Crippen LogP contribution in [0, 0.1) is 0 Å². The average molecular weight is 292 g/mol. The molecule has 3 heterocycles. The molecule has 116 valence electrons. The van der Waals surface area contributed by atoms with Gasteiger partial charge in [-0.3, -0.25) is 0 Å². The molecule has 2 aliphatic rings. The summed E-state index contributed by atoms with van der Waals surface area (Å²) in [6.45, 7) is 10.6. The Bertz CT molecular complexity index is 421. The molecule has 4 nitrogen and oxygen atoms in total. The third-order valence-corrected chi connectivity index (χ3v) is 5.08. The molecule has 0 aromatic carbocycles.